The van der Waals surface area contributed by atoms with Gasteiger partial charge >= 0.3 is 0 Å². The Bertz CT molecular complexity index is 1270. The number of rotatable bonds is 8. The van der Waals surface area contributed by atoms with Crippen molar-refractivity contribution in [2.24, 2.45) is 0 Å². The minimum atomic E-state index is -3.77. The average molecular weight is 518 g/mol. The van der Waals surface area contributed by atoms with Crippen molar-refractivity contribution < 1.29 is 22.3 Å². The molecule has 3 aromatic rings. The molecule has 0 radical (unpaired) electrons. The standard InChI is InChI=1S/C25H25ClFN3O4S/c26-23-16-22(35(32,33)28-17-19-4-2-1-3-5-19)10-11-24(23)34-18-25(31)30-14-12-29(13-15-30)21-8-6-20(27)7-9-21/h1-11,16,28H,12-15,17-18H2. The Kier molecular flexibility index (Phi) is 7.90. The van der Waals surface area contributed by atoms with Crippen molar-refractivity contribution in [2.75, 3.05) is 37.7 Å². The normalized spacial score (nSPS) is 14.1. The monoisotopic (exact) mass is 517 g/mol. The summed E-state index contributed by atoms with van der Waals surface area (Å²) in [7, 11) is -3.77. The van der Waals surface area contributed by atoms with Gasteiger partial charge in [-0.2, -0.15) is 0 Å². The summed E-state index contributed by atoms with van der Waals surface area (Å²) in [6.45, 7) is 2.22. The summed E-state index contributed by atoms with van der Waals surface area (Å²) in [5.41, 5.74) is 1.74. The lowest BCUT2D eigenvalue weighted by atomic mass is 10.2. The average Bonchev–Trinajstić information content (AvgIpc) is 2.88. The number of benzene rings is 3. The van der Waals surface area contributed by atoms with Crippen molar-refractivity contribution in [1.82, 2.24) is 9.62 Å². The Labute approximate surface area is 209 Å². The third-order valence-corrected chi connectivity index (χ3v) is 7.39. The summed E-state index contributed by atoms with van der Waals surface area (Å²) >= 11 is 6.24. The van der Waals surface area contributed by atoms with Crippen LogP contribution in [0.4, 0.5) is 10.1 Å². The molecule has 0 atom stereocenters. The van der Waals surface area contributed by atoms with E-state index in [1.807, 2.05) is 30.3 Å². The minimum Gasteiger partial charge on any atom is -0.482 e. The molecule has 0 unspecified atom stereocenters. The molecule has 1 heterocycles. The molecule has 1 aliphatic heterocycles. The molecule has 0 bridgehead atoms. The number of nitrogens with one attached hydrogen (secondary N) is 1. The van der Waals surface area contributed by atoms with Gasteiger partial charge in [0.05, 0.1) is 9.92 Å². The van der Waals surface area contributed by atoms with Crippen LogP contribution in [0, 0.1) is 5.82 Å². The van der Waals surface area contributed by atoms with E-state index in [4.69, 9.17) is 16.3 Å². The van der Waals surface area contributed by atoms with Crippen LogP contribution in [-0.4, -0.2) is 52.0 Å². The Balaban J connectivity index is 1.29. The molecule has 184 valence electrons. The second kappa shape index (κ2) is 11.1. The number of ether oxygens (including phenoxy) is 1. The van der Waals surface area contributed by atoms with E-state index < -0.39 is 10.0 Å². The Hall–Kier alpha value is -3.14. The van der Waals surface area contributed by atoms with Gasteiger partial charge in [0.2, 0.25) is 10.0 Å². The van der Waals surface area contributed by atoms with Crippen LogP contribution in [0.5, 0.6) is 5.75 Å². The fraction of sp³-hybridized carbons (Fsp3) is 0.240. The van der Waals surface area contributed by atoms with Gasteiger partial charge in [-0.15, -0.1) is 0 Å². The van der Waals surface area contributed by atoms with Crippen LogP contribution in [0.15, 0.2) is 77.7 Å². The zero-order valence-corrected chi connectivity index (χ0v) is 20.4. The number of nitrogens with zero attached hydrogens (tertiary/aromatic N) is 2. The minimum absolute atomic E-state index is 0.00835. The lowest BCUT2D eigenvalue weighted by molar-refractivity contribution is -0.133. The van der Waals surface area contributed by atoms with Gasteiger partial charge in [0.15, 0.2) is 6.61 Å². The van der Waals surface area contributed by atoms with E-state index in [-0.39, 0.29) is 40.5 Å². The maximum Gasteiger partial charge on any atom is 0.260 e. The molecule has 4 rings (SSSR count). The maximum atomic E-state index is 13.1. The Morgan fingerprint density at radius 2 is 1.66 bits per heavy atom. The topological polar surface area (TPSA) is 78.9 Å². The van der Waals surface area contributed by atoms with Crippen LogP contribution in [0.1, 0.15) is 5.56 Å². The first-order chi connectivity index (χ1) is 16.8. The van der Waals surface area contributed by atoms with Crippen molar-refractivity contribution in [3.63, 3.8) is 0 Å². The van der Waals surface area contributed by atoms with E-state index in [9.17, 15) is 17.6 Å². The van der Waals surface area contributed by atoms with Crippen molar-refractivity contribution in [2.45, 2.75) is 11.4 Å². The van der Waals surface area contributed by atoms with Gasteiger partial charge in [-0.25, -0.2) is 17.5 Å². The third kappa shape index (κ3) is 6.50. The zero-order chi connectivity index (χ0) is 24.8. The molecule has 1 amide bonds. The number of hydrogen-bond acceptors (Lipinski definition) is 5. The predicted octanol–water partition coefficient (Wildman–Crippen LogP) is 3.69. The Morgan fingerprint density at radius 3 is 2.31 bits per heavy atom. The molecular formula is C25H25ClFN3O4S. The molecule has 7 nitrogen and oxygen atoms in total. The van der Waals surface area contributed by atoms with Gasteiger partial charge < -0.3 is 14.5 Å². The van der Waals surface area contributed by atoms with Crippen molar-refractivity contribution in [1.29, 1.82) is 0 Å². The molecule has 1 fully saturated rings. The maximum absolute atomic E-state index is 13.1. The summed E-state index contributed by atoms with van der Waals surface area (Å²) in [6, 6.07) is 19.6. The van der Waals surface area contributed by atoms with Crippen LogP contribution in [0.2, 0.25) is 5.02 Å². The lowest BCUT2D eigenvalue weighted by Gasteiger charge is -2.36. The summed E-state index contributed by atoms with van der Waals surface area (Å²) in [4.78, 5) is 16.4. The second-order valence-corrected chi connectivity index (χ2v) is 10.2. The highest BCUT2D eigenvalue weighted by Gasteiger charge is 2.22. The van der Waals surface area contributed by atoms with Crippen LogP contribution >= 0.6 is 11.6 Å². The predicted molar refractivity (Wildman–Crippen MR) is 133 cm³/mol. The molecule has 10 heteroatoms. The van der Waals surface area contributed by atoms with Gasteiger partial charge in [0, 0.05) is 38.4 Å². The lowest BCUT2D eigenvalue weighted by Crippen LogP contribution is -2.50. The first-order valence-electron chi connectivity index (χ1n) is 11.1. The van der Waals surface area contributed by atoms with Gasteiger partial charge in [0.25, 0.3) is 5.91 Å². The van der Waals surface area contributed by atoms with Gasteiger partial charge in [-0.05, 0) is 48.0 Å². The van der Waals surface area contributed by atoms with Gasteiger partial charge in [-0.1, -0.05) is 41.9 Å². The van der Waals surface area contributed by atoms with E-state index in [2.05, 4.69) is 9.62 Å². The van der Waals surface area contributed by atoms with Gasteiger partial charge in [-0.3, -0.25) is 4.79 Å². The summed E-state index contributed by atoms with van der Waals surface area (Å²) in [5.74, 6) is -0.250. The van der Waals surface area contributed by atoms with E-state index >= 15 is 0 Å². The number of halogens is 2. The van der Waals surface area contributed by atoms with Gasteiger partial charge in [0.1, 0.15) is 11.6 Å². The van der Waals surface area contributed by atoms with Crippen molar-refractivity contribution in [3.05, 3.63) is 89.2 Å². The highest BCUT2D eigenvalue weighted by Crippen LogP contribution is 2.27. The first kappa shape index (κ1) is 25.0. The van der Waals surface area contributed by atoms with E-state index in [0.29, 0.717) is 26.2 Å². The number of piperazine rings is 1. The smallest absolute Gasteiger partial charge is 0.260 e. The van der Waals surface area contributed by atoms with E-state index in [1.54, 1.807) is 17.0 Å². The van der Waals surface area contributed by atoms with Crippen molar-refractivity contribution >= 4 is 33.2 Å². The molecule has 0 aliphatic carbocycles. The van der Waals surface area contributed by atoms with E-state index in [0.717, 1.165) is 11.3 Å². The zero-order valence-electron chi connectivity index (χ0n) is 18.9. The second-order valence-electron chi connectivity index (χ2n) is 8.04. The van der Waals surface area contributed by atoms with Crippen LogP contribution in [-0.2, 0) is 21.4 Å². The fourth-order valence-corrected chi connectivity index (χ4v) is 5.06. The highest BCUT2D eigenvalue weighted by atomic mass is 35.5. The first-order valence-corrected chi connectivity index (χ1v) is 12.9. The summed E-state index contributed by atoms with van der Waals surface area (Å²) < 4.78 is 46.4. The molecular weight excluding hydrogens is 493 g/mol. The van der Waals surface area contributed by atoms with Crippen molar-refractivity contribution in [3.8, 4) is 5.75 Å². The van der Waals surface area contributed by atoms with E-state index in [1.165, 1.54) is 30.3 Å². The number of anilines is 1. The molecule has 1 saturated heterocycles. The molecule has 3 aromatic carbocycles. The molecule has 0 spiro atoms. The highest BCUT2D eigenvalue weighted by molar-refractivity contribution is 7.89. The molecule has 0 aromatic heterocycles. The quantitative estimate of drug-likeness (QED) is 0.493. The number of carbonyl (C=O) groups excluding carboxylic acids is 1. The third-order valence-electron chi connectivity index (χ3n) is 5.70. The number of sulfonamides is 1. The fourth-order valence-electron chi connectivity index (χ4n) is 3.72. The molecule has 1 N–H and O–H groups in total. The molecule has 35 heavy (non-hydrogen) atoms. The molecule has 1 aliphatic rings. The van der Waals surface area contributed by atoms with Crippen LogP contribution < -0.4 is 14.4 Å². The summed E-state index contributed by atoms with van der Waals surface area (Å²) in [5, 5.41) is 0.0986. The van der Waals surface area contributed by atoms with Crippen LogP contribution in [0.25, 0.3) is 0 Å². The number of carbonyl (C=O) groups is 1. The summed E-state index contributed by atoms with van der Waals surface area (Å²) in [6.07, 6.45) is 0. The number of hydrogen-bond donors (Lipinski definition) is 1. The number of amides is 1. The largest absolute Gasteiger partial charge is 0.482 e. The van der Waals surface area contributed by atoms with Crippen LogP contribution in [0.3, 0.4) is 0 Å². The Morgan fingerprint density at radius 1 is 0.971 bits per heavy atom. The molecule has 0 saturated carbocycles. The SMILES string of the molecule is O=C(COc1ccc(S(=O)(=O)NCc2ccccc2)cc1Cl)N1CCN(c2ccc(F)cc2)CC1.